The number of hydrogen-bond donors (Lipinski definition) is 2. The smallest absolute Gasteiger partial charge is 0.0600 e. The lowest BCUT2D eigenvalue weighted by Gasteiger charge is -2.28. The summed E-state index contributed by atoms with van der Waals surface area (Å²) in [6.07, 6.45) is 0. The zero-order valence-corrected chi connectivity index (χ0v) is 8.40. The molecule has 0 unspecified atom stereocenters. The minimum atomic E-state index is 1.00. The molecule has 1 aromatic carbocycles. The zero-order valence-electron chi connectivity index (χ0n) is 7.58. The summed E-state index contributed by atoms with van der Waals surface area (Å²) < 4.78 is 0. The van der Waals surface area contributed by atoms with Crippen LogP contribution in [0, 0.1) is 0 Å². The van der Waals surface area contributed by atoms with Gasteiger partial charge < -0.3 is 10.2 Å². The molecule has 13 heavy (non-hydrogen) atoms. The molecule has 3 nitrogen and oxygen atoms in total. The molecule has 2 rings (SSSR count). The molecule has 0 spiro atoms. The first-order valence-electron chi connectivity index (χ1n) is 4.27. The Hall–Kier alpha value is -0.870. The van der Waals surface area contributed by atoms with E-state index < -0.39 is 0 Å². The van der Waals surface area contributed by atoms with Crippen molar-refractivity contribution in [1.29, 1.82) is 0 Å². The molecule has 4 heteroatoms. The Balaban J connectivity index is 2.39. The minimum absolute atomic E-state index is 1.00. The highest BCUT2D eigenvalue weighted by molar-refractivity contribution is 7.97. The van der Waals surface area contributed by atoms with E-state index in [1.807, 2.05) is 6.07 Å². The molecule has 0 bridgehead atoms. The van der Waals surface area contributed by atoms with E-state index in [-0.39, 0.29) is 0 Å². The highest BCUT2D eigenvalue weighted by atomic mass is 32.2. The van der Waals surface area contributed by atoms with Gasteiger partial charge in [-0.1, -0.05) is 0 Å². The third-order valence-corrected chi connectivity index (χ3v) is 2.80. The van der Waals surface area contributed by atoms with Crippen LogP contribution >= 0.6 is 11.9 Å². The number of likely N-dealkylation sites (N-methyl/N-ethyl adjacent to an activating group) is 1. The Morgan fingerprint density at radius 2 is 2.38 bits per heavy atom. The SMILES string of the molecule is CN1CCNc2cc(SN)ccc21. The molecular weight excluding hydrogens is 182 g/mol. The Morgan fingerprint density at radius 1 is 1.54 bits per heavy atom. The maximum Gasteiger partial charge on any atom is 0.0600 e. The van der Waals surface area contributed by atoms with Crippen molar-refractivity contribution in [2.45, 2.75) is 4.90 Å². The van der Waals surface area contributed by atoms with E-state index in [0.29, 0.717) is 0 Å². The van der Waals surface area contributed by atoms with Crippen molar-refractivity contribution in [2.75, 3.05) is 30.4 Å². The maximum absolute atomic E-state index is 5.49. The lowest BCUT2D eigenvalue weighted by molar-refractivity contribution is 0.885. The van der Waals surface area contributed by atoms with Gasteiger partial charge in [0.15, 0.2) is 0 Å². The molecule has 70 valence electrons. The van der Waals surface area contributed by atoms with Crippen molar-refractivity contribution >= 4 is 23.3 Å². The Labute approximate surface area is 82.4 Å². The molecule has 0 atom stereocenters. The van der Waals surface area contributed by atoms with Gasteiger partial charge in [0.2, 0.25) is 0 Å². The first-order valence-corrected chi connectivity index (χ1v) is 5.15. The van der Waals surface area contributed by atoms with Gasteiger partial charge in [-0.25, -0.2) is 0 Å². The van der Waals surface area contributed by atoms with E-state index in [1.165, 1.54) is 23.3 Å². The number of nitrogens with zero attached hydrogens (tertiary/aromatic N) is 1. The Bertz CT molecular complexity index is 314. The van der Waals surface area contributed by atoms with E-state index >= 15 is 0 Å². The van der Waals surface area contributed by atoms with E-state index in [1.54, 1.807) is 0 Å². The van der Waals surface area contributed by atoms with Crippen molar-refractivity contribution in [3.63, 3.8) is 0 Å². The number of nitrogens with two attached hydrogens (primary N) is 1. The van der Waals surface area contributed by atoms with Crippen LogP contribution in [0.3, 0.4) is 0 Å². The first kappa shape index (κ1) is 8.72. The van der Waals surface area contributed by atoms with Crippen LogP contribution in [0.1, 0.15) is 0 Å². The molecule has 0 radical (unpaired) electrons. The highest BCUT2D eigenvalue weighted by Crippen LogP contribution is 2.30. The molecule has 0 aromatic heterocycles. The van der Waals surface area contributed by atoms with E-state index in [0.717, 1.165) is 18.0 Å². The van der Waals surface area contributed by atoms with Crippen LogP contribution in [0.2, 0.25) is 0 Å². The monoisotopic (exact) mass is 195 g/mol. The predicted octanol–water partition coefficient (Wildman–Crippen LogP) is 1.51. The molecule has 1 aliphatic rings. The molecule has 3 N–H and O–H groups in total. The van der Waals surface area contributed by atoms with Gasteiger partial charge in [0, 0.05) is 25.0 Å². The summed E-state index contributed by atoms with van der Waals surface area (Å²) in [5, 5.41) is 8.85. The predicted molar refractivity (Wildman–Crippen MR) is 58.2 cm³/mol. The quantitative estimate of drug-likeness (QED) is 0.667. The molecule has 0 aliphatic carbocycles. The average Bonchev–Trinajstić information content (AvgIpc) is 2.18. The van der Waals surface area contributed by atoms with Crippen molar-refractivity contribution in [2.24, 2.45) is 5.14 Å². The summed E-state index contributed by atoms with van der Waals surface area (Å²) in [4.78, 5) is 3.35. The van der Waals surface area contributed by atoms with Gasteiger partial charge in [-0.15, -0.1) is 0 Å². The third-order valence-electron chi connectivity index (χ3n) is 2.28. The number of anilines is 2. The number of benzene rings is 1. The lowest BCUT2D eigenvalue weighted by Crippen LogP contribution is -2.30. The highest BCUT2D eigenvalue weighted by Gasteiger charge is 2.12. The minimum Gasteiger partial charge on any atom is -0.382 e. The number of hydrogen-bond acceptors (Lipinski definition) is 4. The van der Waals surface area contributed by atoms with E-state index in [2.05, 4.69) is 29.4 Å². The molecule has 0 amide bonds. The van der Waals surface area contributed by atoms with Crippen LogP contribution in [-0.4, -0.2) is 20.1 Å². The molecule has 1 heterocycles. The fourth-order valence-electron chi connectivity index (χ4n) is 1.54. The second kappa shape index (κ2) is 3.47. The average molecular weight is 195 g/mol. The van der Waals surface area contributed by atoms with Crippen LogP contribution in [0.4, 0.5) is 11.4 Å². The van der Waals surface area contributed by atoms with E-state index in [9.17, 15) is 0 Å². The van der Waals surface area contributed by atoms with E-state index in [4.69, 9.17) is 5.14 Å². The van der Waals surface area contributed by atoms with Gasteiger partial charge in [0.1, 0.15) is 0 Å². The fourth-order valence-corrected chi connectivity index (χ4v) is 1.87. The molecular formula is C9H13N3S. The summed E-state index contributed by atoms with van der Waals surface area (Å²) in [5.41, 5.74) is 2.44. The Morgan fingerprint density at radius 3 is 3.15 bits per heavy atom. The van der Waals surface area contributed by atoms with Gasteiger partial charge in [-0.3, -0.25) is 5.14 Å². The van der Waals surface area contributed by atoms with Crippen LogP contribution in [0.15, 0.2) is 23.1 Å². The topological polar surface area (TPSA) is 41.3 Å². The molecule has 0 fully saturated rings. The van der Waals surface area contributed by atoms with Crippen LogP contribution in [0.25, 0.3) is 0 Å². The number of fused-ring (bicyclic) bond motifs is 1. The fraction of sp³-hybridized carbons (Fsp3) is 0.333. The first-order chi connectivity index (χ1) is 6.31. The second-order valence-corrected chi connectivity index (χ2v) is 3.85. The summed E-state index contributed by atoms with van der Waals surface area (Å²) in [6, 6.07) is 6.25. The van der Waals surface area contributed by atoms with Gasteiger partial charge >= 0.3 is 0 Å². The Kier molecular flexibility index (Phi) is 2.33. The summed E-state index contributed by atoms with van der Waals surface area (Å²) >= 11 is 1.28. The van der Waals surface area contributed by atoms with Crippen molar-refractivity contribution in [1.82, 2.24) is 0 Å². The standard InChI is InChI=1S/C9H13N3S/c1-12-5-4-11-8-6-7(13-10)2-3-9(8)12/h2-3,6,11H,4-5,10H2,1H3. The number of nitrogens with one attached hydrogen (secondary N) is 1. The summed E-state index contributed by atoms with van der Waals surface area (Å²) in [7, 11) is 2.11. The van der Waals surface area contributed by atoms with Crippen LogP contribution in [0.5, 0.6) is 0 Å². The van der Waals surface area contributed by atoms with Crippen LogP contribution in [-0.2, 0) is 0 Å². The lowest BCUT2D eigenvalue weighted by atomic mass is 10.2. The molecule has 1 aliphatic heterocycles. The van der Waals surface area contributed by atoms with Crippen molar-refractivity contribution < 1.29 is 0 Å². The molecule has 0 saturated heterocycles. The van der Waals surface area contributed by atoms with Gasteiger partial charge in [0.25, 0.3) is 0 Å². The van der Waals surface area contributed by atoms with Crippen molar-refractivity contribution in [3.05, 3.63) is 18.2 Å². The van der Waals surface area contributed by atoms with Crippen molar-refractivity contribution in [3.8, 4) is 0 Å². The van der Waals surface area contributed by atoms with Gasteiger partial charge in [0.05, 0.1) is 11.4 Å². The zero-order chi connectivity index (χ0) is 9.26. The third kappa shape index (κ3) is 1.59. The molecule has 0 saturated carbocycles. The second-order valence-electron chi connectivity index (χ2n) is 3.15. The normalized spacial score (nSPS) is 15.1. The maximum atomic E-state index is 5.49. The van der Waals surface area contributed by atoms with Gasteiger partial charge in [-0.2, -0.15) is 0 Å². The molecule has 1 aromatic rings. The summed E-state index contributed by atoms with van der Waals surface area (Å²) in [5.74, 6) is 0. The van der Waals surface area contributed by atoms with Gasteiger partial charge in [-0.05, 0) is 30.1 Å². The largest absolute Gasteiger partial charge is 0.382 e. The number of rotatable bonds is 1. The summed E-state index contributed by atoms with van der Waals surface area (Å²) in [6.45, 7) is 2.06. The van der Waals surface area contributed by atoms with Crippen LogP contribution < -0.4 is 15.4 Å².